The standard InChI is InChI=1S/C40H51N12O4/c1-24-19-31(46(5)45-24)39-43-41-37-27(4)49(16-17-50(37)39)23-29-12-14-33(54-8)35(36(29)56-10)52-25(2)20-32(47(52)6)40-44-42-38-26(3)48(15-18-51(38)40)22-28-11-13-30(53-7)21-34(28)55-9/h11-14,19-21,26-27H,15-18,22-23H2,1-10H3/q+1/t26-,27+/m1/s1. The van der Waals surface area contributed by atoms with Gasteiger partial charge >= 0.3 is 0 Å². The van der Waals surface area contributed by atoms with Crippen molar-refractivity contribution in [1.29, 1.82) is 0 Å². The fourth-order valence-corrected chi connectivity index (χ4v) is 8.46. The Kier molecular flexibility index (Phi) is 9.78. The fraction of sp³-hybridized carbons (Fsp3) is 0.450. The molecule has 2 aliphatic heterocycles. The van der Waals surface area contributed by atoms with Crippen molar-refractivity contribution in [1.82, 2.24) is 53.8 Å². The minimum Gasteiger partial charge on any atom is -0.497 e. The van der Waals surface area contributed by atoms with E-state index in [4.69, 9.17) is 29.1 Å². The molecule has 2 atom stereocenters. The summed E-state index contributed by atoms with van der Waals surface area (Å²) in [5.41, 5.74) is 6.83. The molecule has 0 saturated carbocycles. The van der Waals surface area contributed by atoms with Crippen molar-refractivity contribution in [3.05, 3.63) is 76.6 Å². The van der Waals surface area contributed by atoms with E-state index in [1.165, 1.54) is 0 Å². The SMILES string of the molecule is COc1ccc(CN2CCn3c(-c4cc(C)n(-c5c(OC)ccc(CN6CCn7c(-c8cc(C)nn8C)nnc7[C@@H]6C)c5OC)[n+]4C)nnc3[C@H]2C)c(OC)c1. The van der Waals surface area contributed by atoms with Gasteiger partial charge in [-0.25, -0.2) is 0 Å². The molecule has 0 aliphatic carbocycles. The minimum atomic E-state index is 0.0290. The molecule has 16 nitrogen and oxygen atoms in total. The lowest BCUT2D eigenvalue weighted by atomic mass is 10.1. The van der Waals surface area contributed by atoms with Gasteiger partial charge in [0, 0.05) is 69.6 Å². The first-order valence-corrected chi connectivity index (χ1v) is 19.0. The van der Waals surface area contributed by atoms with Crippen LogP contribution in [0.2, 0.25) is 0 Å². The number of aryl methyl sites for hydroxylation is 3. The Bertz CT molecular complexity index is 2410. The van der Waals surface area contributed by atoms with Gasteiger partial charge in [0.05, 0.1) is 51.9 Å². The zero-order chi connectivity index (χ0) is 39.4. The molecule has 0 radical (unpaired) electrons. The van der Waals surface area contributed by atoms with Gasteiger partial charge in [-0.15, -0.1) is 29.8 Å². The van der Waals surface area contributed by atoms with Crippen molar-refractivity contribution in [3.63, 3.8) is 0 Å². The van der Waals surface area contributed by atoms with Crippen LogP contribution < -0.4 is 23.6 Å². The molecule has 2 aromatic carbocycles. The van der Waals surface area contributed by atoms with Crippen LogP contribution in [0.25, 0.3) is 28.7 Å². The van der Waals surface area contributed by atoms with Crippen LogP contribution in [0.15, 0.2) is 42.5 Å². The first kappa shape index (κ1) is 37.2. The van der Waals surface area contributed by atoms with Crippen molar-refractivity contribution in [2.45, 2.75) is 66.0 Å². The van der Waals surface area contributed by atoms with Crippen molar-refractivity contribution in [3.8, 4) is 51.7 Å². The zero-order valence-electron chi connectivity index (χ0n) is 33.9. The molecule has 0 saturated heterocycles. The van der Waals surface area contributed by atoms with Gasteiger partial charge in [-0.3, -0.25) is 14.5 Å². The molecule has 0 spiro atoms. The topological polar surface area (TPSA) is 131 Å². The summed E-state index contributed by atoms with van der Waals surface area (Å²) in [6.45, 7) is 13.0. The van der Waals surface area contributed by atoms with Gasteiger partial charge in [0.25, 0.3) is 5.69 Å². The maximum absolute atomic E-state index is 6.26. The van der Waals surface area contributed by atoms with Gasteiger partial charge in [0.1, 0.15) is 17.2 Å². The molecule has 0 bridgehead atoms. The number of fused-ring (bicyclic) bond motifs is 2. The lowest BCUT2D eigenvalue weighted by molar-refractivity contribution is -0.734. The summed E-state index contributed by atoms with van der Waals surface area (Å²) in [5.74, 6) is 6.56. The highest BCUT2D eigenvalue weighted by Crippen LogP contribution is 2.39. The van der Waals surface area contributed by atoms with Gasteiger partial charge in [0.2, 0.25) is 5.82 Å². The molecule has 6 heterocycles. The largest absolute Gasteiger partial charge is 0.497 e. The Hall–Kier alpha value is -5.74. The predicted molar refractivity (Wildman–Crippen MR) is 208 cm³/mol. The van der Waals surface area contributed by atoms with Gasteiger partial charge in [-0.05, 0) is 45.9 Å². The Labute approximate surface area is 326 Å². The number of ether oxygens (including phenoxy) is 4. The molecule has 2 aliphatic rings. The van der Waals surface area contributed by atoms with E-state index in [2.05, 4.69) is 88.6 Å². The number of nitrogens with zero attached hydrogens (tertiary/aromatic N) is 12. The average Bonchev–Trinajstić information content (AvgIpc) is 3.97. The number of aromatic nitrogens is 10. The van der Waals surface area contributed by atoms with Crippen molar-refractivity contribution < 1.29 is 23.6 Å². The van der Waals surface area contributed by atoms with Crippen molar-refractivity contribution in [2.75, 3.05) is 41.5 Å². The van der Waals surface area contributed by atoms with E-state index in [1.807, 2.05) is 43.9 Å². The van der Waals surface area contributed by atoms with Crippen LogP contribution in [0.5, 0.6) is 23.0 Å². The van der Waals surface area contributed by atoms with Crippen LogP contribution in [-0.2, 0) is 40.3 Å². The molecule has 8 rings (SSSR count). The summed E-state index contributed by atoms with van der Waals surface area (Å²) >= 11 is 0. The number of rotatable bonds is 11. The van der Waals surface area contributed by atoms with Crippen LogP contribution in [-0.4, -0.2) is 95.3 Å². The molecule has 6 aromatic rings. The van der Waals surface area contributed by atoms with Gasteiger partial charge in [-0.1, -0.05) is 12.1 Å². The Balaban J connectivity index is 1.08. The van der Waals surface area contributed by atoms with Crippen molar-refractivity contribution >= 4 is 0 Å². The third-order valence-corrected chi connectivity index (χ3v) is 11.5. The van der Waals surface area contributed by atoms with E-state index < -0.39 is 0 Å². The monoisotopic (exact) mass is 763 g/mol. The third-order valence-electron chi connectivity index (χ3n) is 11.5. The first-order chi connectivity index (χ1) is 27.1. The Morgan fingerprint density at radius 2 is 1.32 bits per heavy atom. The number of hydrogen-bond acceptors (Lipinski definition) is 11. The van der Waals surface area contributed by atoms with E-state index in [9.17, 15) is 0 Å². The lowest BCUT2D eigenvalue weighted by Crippen LogP contribution is -2.42. The number of benzene rings is 2. The van der Waals surface area contributed by atoms with Crippen LogP contribution in [0.3, 0.4) is 0 Å². The highest BCUT2D eigenvalue weighted by atomic mass is 16.5. The predicted octanol–water partition coefficient (Wildman–Crippen LogP) is 4.36. The molecular weight excluding hydrogens is 713 g/mol. The van der Waals surface area contributed by atoms with Crippen LogP contribution in [0, 0.1) is 13.8 Å². The van der Waals surface area contributed by atoms with Crippen LogP contribution >= 0.6 is 0 Å². The smallest absolute Gasteiger partial charge is 0.276 e. The molecule has 0 N–H and O–H groups in total. The quantitative estimate of drug-likeness (QED) is 0.175. The Morgan fingerprint density at radius 3 is 1.93 bits per heavy atom. The summed E-state index contributed by atoms with van der Waals surface area (Å²) in [4.78, 5) is 4.82. The molecule has 0 unspecified atom stereocenters. The zero-order valence-corrected chi connectivity index (χ0v) is 33.9. The highest BCUT2D eigenvalue weighted by molar-refractivity contribution is 5.62. The maximum atomic E-state index is 6.26. The number of methoxy groups -OCH3 is 4. The molecule has 294 valence electrons. The second-order valence-electron chi connectivity index (χ2n) is 14.6. The van der Waals surface area contributed by atoms with Crippen LogP contribution in [0.4, 0.5) is 0 Å². The van der Waals surface area contributed by atoms with Crippen LogP contribution in [0.1, 0.15) is 60.1 Å². The summed E-state index contributed by atoms with van der Waals surface area (Å²) in [6, 6.07) is 14.4. The maximum Gasteiger partial charge on any atom is 0.276 e. The van der Waals surface area contributed by atoms with Gasteiger partial charge in [-0.2, -0.15) is 5.10 Å². The van der Waals surface area contributed by atoms with E-state index in [0.717, 1.165) is 113 Å². The third kappa shape index (κ3) is 6.16. The Morgan fingerprint density at radius 1 is 0.696 bits per heavy atom. The summed E-state index contributed by atoms with van der Waals surface area (Å²) in [5, 5.41) is 23.3. The van der Waals surface area contributed by atoms with E-state index in [1.54, 1.807) is 28.4 Å². The normalized spacial score (nSPS) is 17.2. The summed E-state index contributed by atoms with van der Waals surface area (Å²) < 4.78 is 34.0. The first-order valence-electron chi connectivity index (χ1n) is 19.0. The molecule has 16 heteroatoms. The second kappa shape index (κ2) is 14.7. The lowest BCUT2D eigenvalue weighted by Gasteiger charge is -2.34. The van der Waals surface area contributed by atoms with E-state index >= 15 is 0 Å². The number of hydrogen-bond donors (Lipinski definition) is 0. The van der Waals surface area contributed by atoms with Gasteiger partial charge < -0.3 is 28.1 Å². The molecule has 56 heavy (non-hydrogen) atoms. The average molecular weight is 764 g/mol. The molecular formula is C40H51N12O4+. The highest BCUT2D eigenvalue weighted by Gasteiger charge is 2.36. The fourth-order valence-electron chi connectivity index (χ4n) is 8.46. The summed E-state index contributed by atoms with van der Waals surface area (Å²) in [7, 11) is 10.8. The van der Waals surface area contributed by atoms with E-state index in [-0.39, 0.29) is 12.1 Å². The minimum absolute atomic E-state index is 0.0290. The van der Waals surface area contributed by atoms with E-state index in [0.29, 0.717) is 12.3 Å². The molecule has 0 amide bonds. The summed E-state index contributed by atoms with van der Waals surface area (Å²) in [6.07, 6.45) is 0. The second-order valence-corrected chi connectivity index (χ2v) is 14.6. The van der Waals surface area contributed by atoms with Crippen molar-refractivity contribution in [2.24, 2.45) is 14.1 Å². The molecule has 4 aromatic heterocycles. The van der Waals surface area contributed by atoms with Gasteiger partial charge in [0.15, 0.2) is 41.7 Å². The molecule has 0 fully saturated rings.